The van der Waals surface area contributed by atoms with Crippen molar-refractivity contribution in [1.29, 1.82) is 0 Å². The van der Waals surface area contributed by atoms with Crippen molar-refractivity contribution < 1.29 is 9.53 Å². The third-order valence-corrected chi connectivity index (χ3v) is 6.32. The maximum Gasteiger partial charge on any atom is 0.340 e. The molecule has 0 bridgehead atoms. The van der Waals surface area contributed by atoms with Crippen LogP contribution in [0.25, 0.3) is 0 Å². The fourth-order valence-corrected chi connectivity index (χ4v) is 4.52. The number of hydrogen-bond donors (Lipinski definition) is 2. The van der Waals surface area contributed by atoms with Gasteiger partial charge in [-0.05, 0) is 78.9 Å². The highest BCUT2D eigenvalue weighted by molar-refractivity contribution is 5.94. The molecular weight excluding hydrogens is 458 g/mol. The summed E-state index contributed by atoms with van der Waals surface area (Å²) in [4.78, 5) is 14.6. The van der Waals surface area contributed by atoms with E-state index in [-0.39, 0.29) is 5.97 Å². The van der Waals surface area contributed by atoms with E-state index in [0.29, 0.717) is 5.56 Å². The first-order chi connectivity index (χ1) is 18.2. The Hall–Kier alpha value is -5.03. The number of hydrogen-bond acceptors (Lipinski definition) is 5. The molecule has 5 aromatic carbocycles. The van der Waals surface area contributed by atoms with Gasteiger partial charge in [-0.2, -0.15) is 0 Å². The van der Waals surface area contributed by atoms with Crippen LogP contribution in [0.2, 0.25) is 0 Å². The molecule has 1 unspecified atom stereocenters. The lowest BCUT2D eigenvalue weighted by Gasteiger charge is -2.30. The molecule has 0 aromatic heterocycles. The molecule has 1 heterocycles. The summed E-state index contributed by atoms with van der Waals surface area (Å²) in [5.74, 6) is -0.301. The molecule has 5 heteroatoms. The van der Waals surface area contributed by atoms with Crippen LogP contribution in [0.3, 0.4) is 0 Å². The van der Waals surface area contributed by atoms with Crippen molar-refractivity contribution in [1.82, 2.24) is 0 Å². The van der Waals surface area contributed by atoms with Gasteiger partial charge < -0.3 is 20.3 Å². The van der Waals surface area contributed by atoms with E-state index < -0.39 is 6.23 Å². The Kier molecular flexibility index (Phi) is 6.01. The van der Waals surface area contributed by atoms with Crippen LogP contribution in [0, 0.1) is 0 Å². The zero-order valence-corrected chi connectivity index (χ0v) is 20.0. The van der Waals surface area contributed by atoms with Gasteiger partial charge in [-0.25, -0.2) is 4.79 Å². The SMILES string of the molecule is O=C1OC(N(c2ccccc2)c2ccc(Nc3ccc(Nc4ccccc4)cc3)cc2)c2ccccc21. The molecular formula is C32H25N3O2. The van der Waals surface area contributed by atoms with Crippen LogP contribution in [-0.2, 0) is 4.74 Å². The highest BCUT2D eigenvalue weighted by Gasteiger charge is 2.36. The van der Waals surface area contributed by atoms with E-state index in [1.165, 1.54) is 0 Å². The number of esters is 1. The van der Waals surface area contributed by atoms with Gasteiger partial charge in [0.25, 0.3) is 0 Å². The van der Waals surface area contributed by atoms with E-state index >= 15 is 0 Å². The zero-order chi connectivity index (χ0) is 25.0. The van der Waals surface area contributed by atoms with Crippen molar-refractivity contribution in [2.45, 2.75) is 6.23 Å². The van der Waals surface area contributed by atoms with Crippen molar-refractivity contribution in [3.63, 3.8) is 0 Å². The van der Waals surface area contributed by atoms with Gasteiger partial charge in [-0.3, -0.25) is 0 Å². The van der Waals surface area contributed by atoms with Crippen molar-refractivity contribution in [3.05, 3.63) is 145 Å². The summed E-state index contributed by atoms with van der Waals surface area (Å²) < 4.78 is 5.85. The number of anilines is 6. The molecule has 0 radical (unpaired) electrons. The Morgan fingerprint density at radius 1 is 0.514 bits per heavy atom. The molecule has 1 aliphatic heterocycles. The Bertz CT molecular complexity index is 1500. The number of rotatable bonds is 7. The summed E-state index contributed by atoms with van der Waals surface area (Å²) in [6.45, 7) is 0. The summed E-state index contributed by atoms with van der Waals surface area (Å²) in [5.41, 5.74) is 7.37. The second-order valence-corrected chi connectivity index (χ2v) is 8.79. The number of para-hydroxylation sites is 2. The normalized spacial score (nSPS) is 13.9. The lowest BCUT2D eigenvalue weighted by atomic mass is 10.1. The lowest BCUT2D eigenvalue weighted by molar-refractivity contribution is 0.0399. The number of carbonyl (C=O) groups excluding carboxylic acids is 1. The molecule has 1 atom stereocenters. The Morgan fingerprint density at radius 2 is 0.973 bits per heavy atom. The van der Waals surface area contributed by atoms with Gasteiger partial charge >= 0.3 is 5.97 Å². The van der Waals surface area contributed by atoms with Crippen LogP contribution in [0.1, 0.15) is 22.1 Å². The van der Waals surface area contributed by atoms with Gasteiger partial charge in [0.15, 0.2) is 0 Å². The Morgan fingerprint density at radius 3 is 1.59 bits per heavy atom. The number of cyclic esters (lactones) is 1. The standard InChI is InChI=1S/C32H25N3O2/c36-32-30-14-8-7-13-29(30)31(37-32)35(27-11-5-2-6-12-27)28-21-19-26(20-22-28)34-25-17-15-24(16-18-25)33-23-9-3-1-4-10-23/h1-22,31,33-34H. The number of nitrogens with zero attached hydrogens (tertiary/aromatic N) is 1. The van der Waals surface area contributed by atoms with Crippen LogP contribution in [0.4, 0.5) is 34.1 Å². The first-order valence-corrected chi connectivity index (χ1v) is 12.2. The monoisotopic (exact) mass is 483 g/mol. The number of fused-ring (bicyclic) bond motifs is 1. The largest absolute Gasteiger partial charge is 0.433 e. The van der Waals surface area contributed by atoms with Gasteiger partial charge in [0, 0.05) is 39.7 Å². The van der Waals surface area contributed by atoms with E-state index in [4.69, 9.17) is 4.74 Å². The topological polar surface area (TPSA) is 53.6 Å². The van der Waals surface area contributed by atoms with Gasteiger partial charge in [0.1, 0.15) is 0 Å². The van der Waals surface area contributed by atoms with Crippen molar-refractivity contribution >= 4 is 40.1 Å². The first kappa shape index (κ1) is 22.4. The highest BCUT2D eigenvalue weighted by Crippen LogP contribution is 2.41. The van der Waals surface area contributed by atoms with E-state index in [0.717, 1.165) is 39.7 Å². The van der Waals surface area contributed by atoms with Gasteiger partial charge in [0.05, 0.1) is 5.56 Å². The van der Waals surface area contributed by atoms with Crippen LogP contribution >= 0.6 is 0 Å². The lowest BCUT2D eigenvalue weighted by Crippen LogP contribution is -2.23. The molecule has 2 N–H and O–H groups in total. The second-order valence-electron chi connectivity index (χ2n) is 8.79. The quantitative estimate of drug-likeness (QED) is 0.229. The van der Waals surface area contributed by atoms with E-state index in [9.17, 15) is 4.79 Å². The minimum atomic E-state index is -0.533. The molecule has 0 saturated carbocycles. The molecule has 0 spiro atoms. The van der Waals surface area contributed by atoms with Crippen LogP contribution in [0.5, 0.6) is 0 Å². The maximum absolute atomic E-state index is 12.6. The molecule has 5 aromatic rings. The van der Waals surface area contributed by atoms with Crippen molar-refractivity contribution in [2.24, 2.45) is 0 Å². The van der Waals surface area contributed by atoms with E-state index in [1.54, 1.807) is 0 Å². The third kappa shape index (κ3) is 4.75. The minimum Gasteiger partial charge on any atom is -0.433 e. The highest BCUT2D eigenvalue weighted by atomic mass is 16.6. The average molecular weight is 484 g/mol. The number of benzene rings is 5. The van der Waals surface area contributed by atoms with Crippen LogP contribution in [-0.4, -0.2) is 5.97 Å². The van der Waals surface area contributed by atoms with Crippen LogP contribution in [0.15, 0.2) is 133 Å². The molecule has 5 nitrogen and oxygen atoms in total. The van der Waals surface area contributed by atoms with Gasteiger partial charge in [0.2, 0.25) is 6.23 Å². The fourth-order valence-electron chi connectivity index (χ4n) is 4.52. The van der Waals surface area contributed by atoms with Crippen molar-refractivity contribution in [3.8, 4) is 0 Å². The number of carbonyl (C=O) groups is 1. The fraction of sp³-hybridized carbons (Fsp3) is 0.0312. The average Bonchev–Trinajstić information content (AvgIpc) is 3.28. The first-order valence-electron chi connectivity index (χ1n) is 12.2. The molecule has 37 heavy (non-hydrogen) atoms. The predicted molar refractivity (Wildman–Crippen MR) is 149 cm³/mol. The van der Waals surface area contributed by atoms with E-state index in [2.05, 4.69) is 15.5 Å². The summed E-state index contributed by atoms with van der Waals surface area (Å²) >= 11 is 0. The van der Waals surface area contributed by atoms with Gasteiger partial charge in [-0.15, -0.1) is 0 Å². The Balaban J connectivity index is 1.23. The molecule has 1 aliphatic rings. The minimum absolute atomic E-state index is 0.301. The molecule has 180 valence electrons. The maximum atomic E-state index is 12.6. The summed E-state index contributed by atoms with van der Waals surface area (Å²) in [6.07, 6.45) is -0.533. The zero-order valence-electron chi connectivity index (χ0n) is 20.0. The van der Waals surface area contributed by atoms with Crippen LogP contribution < -0.4 is 15.5 Å². The summed E-state index contributed by atoms with van der Waals surface area (Å²) in [7, 11) is 0. The molecule has 0 fully saturated rings. The summed E-state index contributed by atoms with van der Waals surface area (Å²) in [5, 5.41) is 6.86. The third-order valence-electron chi connectivity index (χ3n) is 6.32. The van der Waals surface area contributed by atoms with Crippen molar-refractivity contribution in [2.75, 3.05) is 15.5 Å². The molecule has 6 rings (SSSR count). The molecule has 0 amide bonds. The Labute approximate surface area is 216 Å². The summed E-state index contributed by atoms with van der Waals surface area (Å²) in [6, 6.07) is 44.0. The molecule has 0 saturated heterocycles. The second kappa shape index (κ2) is 9.91. The number of ether oxygens (including phenoxy) is 1. The predicted octanol–water partition coefficient (Wildman–Crippen LogP) is 8.18. The smallest absolute Gasteiger partial charge is 0.340 e. The van der Waals surface area contributed by atoms with Gasteiger partial charge in [-0.1, -0.05) is 54.6 Å². The molecule has 0 aliphatic carbocycles. The van der Waals surface area contributed by atoms with E-state index in [1.807, 2.05) is 133 Å². The number of nitrogens with one attached hydrogen (secondary N) is 2.